The molecule has 0 spiro atoms. The van der Waals surface area contributed by atoms with E-state index >= 15 is 0 Å². The van der Waals surface area contributed by atoms with Crippen molar-refractivity contribution in [3.05, 3.63) is 63.6 Å². The molecule has 1 fully saturated rings. The van der Waals surface area contributed by atoms with Crippen molar-refractivity contribution in [1.82, 2.24) is 15.5 Å². The number of alkyl carbamates (subject to hydrolysis) is 2. The number of hydrogen-bond donors (Lipinski definition) is 4. The van der Waals surface area contributed by atoms with Crippen LogP contribution < -0.4 is 20.9 Å². The first-order chi connectivity index (χ1) is 33.0. The van der Waals surface area contributed by atoms with Gasteiger partial charge in [-0.05, 0) is 102 Å². The van der Waals surface area contributed by atoms with Crippen LogP contribution in [0.5, 0.6) is 0 Å². The van der Waals surface area contributed by atoms with E-state index in [-0.39, 0.29) is 95.4 Å². The van der Waals surface area contributed by atoms with Gasteiger partial charge in [0.05, 0.1) is 35.8 Å². The van der Waals surface area contributed by atoms with Gasteiger partial charge in [0, 0.05) is 83.4 Å². The van der Waals surface area contributed by atoms with Gasteiger partial charge in [-0.25, -0.2) is 14.6 Å². The molecular weight excluding hydrogens is 885 g/mol. The summed E-state index contributed by atoms with van der Waals surface area (Å²) in [4.78, 5) is 76.6. The summed E-state index contributed by atoms with van der Waals surface area (Å²) in [5.41, 5.74) is 4.38. The molecule has 14 nitrogen and oxygen atoms in total. The number of aliphatic hydroxyl groups excluding tert-OH is 1. The molecule has 14 heteroatoms. The molecule has 4 unspecified atom stereocenters. The number of likely N-dealkylation sites (tertiary alicyclic amines) is 1. The molecule has 1 aromatic rings. The van der Waals surface area contributed by atoms with Crippen LogP contribution in [0.1, 0.15) is 172 Å². The van der Waals surface area contributed by atoms with Crippen molar-refractivity contribution in [3.63, 3.8) is 0 Å². The normalized spacial score (nSPS) is 21.5. The Morgan fingerprint density at radius 3 is 1.81 bits per heavy atom. The van der Waals surface area contributed by atoms with Crippen molar-refractivity contribution in [2.45, 2.75) is 191 Å². The van der Waals surface area contributed by atoms with Crippen molar-refractivity contribution < 1.29 is 38.6 Å². The molecule has 4 N–H and O–H groups in total. The van der Waals surface area contributed by atoms with Crippen LogP contribution in [-0.4, -0.2) is 96.0 Å². The first-order valence-electron chi connectivity index (χ1n) is 26.2. The largest absolute Gasteiger partial charge is 0.506 e. The number of benzene rings is 1. The lowest BCUT2D eigenvalue weighted by atomic mass is 9.73. The average molecular weight is 969 g/mol. The molecule has 386 valence electrons. The number of ketones is 1. The van der Waals surface area contributed by atoms with E-state index in [0.717, 1.165) is 73.9 Å². The van der Waals surface area contributed by atoms with Crippen molar-refractivity contribution >= 4 is 52.4 Å². The van der Waals surface area contributed by atoms with E-state index in [1.807, 2.05) is 24.3 Å². The maximum Gasteiger partial charge on any atom is 0.407 e. The molecule has 1 saturated heterocycles. The zero-order chi connectivity index (χ0) is 51.8. The minimum absolute atomic E-state index is 0.00879. The minimum atomic E-state index is -0.588. The van der Waals surface area contributed by atoms with Gasteiger partial charge in [-0.3, -0.25) is 14.4 Å². The number of aliphatic imine (C=N–C) groups is 1. The fourth-order valence-electron chi connectivity index (χ4n) is 10.4. The van der Waals surface area contributed by atoms with Gasteiger partial charge < -0.3 is 40.3 Å². The first-order valence-corrected chi connectivity index (χ1v) is 26.2. The number of Topliss-reactive ketones (excluding diaryl/α,β-unsaturated/α-hetero) is 1. The molecule has 0 aromatic heterocycles. The summed E-state index contributed by atoms with van der Waals surface area (Å²) in [5.74, 6) is -1.06. The van der Waals surface area contributed by atoms with Crippen molar-refractivity contribution in [1.29, 1.82) is 0 Å². The molecule has 0 radical (unpaired) electrons. The molecule has 2 aliphatic heterocycles. The third-order valence-corrected chi connectivity index (χ3v) is 15.4. The van der Waals surface area contributed by atoms with Crippen LogP contribution >= 0.6 is 0 Å². The van der Waals surface area contributed by atoms with Crippen LogP contribution in [0.2, 0.25) is 0 Å². The monoisotopic (exact) mass is 969 g/mol. The van der Waals surface area contributed by atoms with Gasteiger partial charge in [-0.15, -0.1) is 0 Å². The Balaban J connectivity index is 1.50. The van der Waals surface area contributed by atoms with Crippen LogP contribution in [-0.2, 0) is 29.3 Å². The Bertz CT molecular complexity index is 2300. The lowest BCUT2D eigenvalue weighted by Crippen LogP contribution is -2.42. The maximum atomic E-state index is 14.9. The van der Waals surface area contributed by atoms with E-state index in [9.17, 15) is 29.1 Å². The number of allylic oxidation sites excluding steroid dienone is 6. The number of anilines is 2. The summed E-state index contributed by atoms with van der Waals surface area (Å²) >= 11 is 0. The second-order valence-electron chi connectivity index (χ2n) is 21.5. The third kappa shape index (κ3) is 12.0. The maximum absolute atomic E-state index is 14.9. The fraction of sp³-hybridized carbons (Fsp3) is 0.643. The highest BCUT2D eigenvalue weighted by molar-refractivity contribution is 6.42. The Hall–Kier alpha value is -5.40. The topological polar surface area (TPSA) is 179 Å². The van der Waals surface area contributed by atoms with Gasteiger partial charge in [0.25, 0.3) is 0 Å². The lowest BCUT2D eigenvalue weighted by molar-refractivity contribution is -0.118. The molecule has 1 aromatic carbocycles. The molecule has 4 aliphatic rings. The zero-order valence-corrected chi connectivity index (χ0v) is 44.8. The average Bonchev–Trinajstić information content (AvgIpc) is 3.62. The predicted octanol–water partition coefficient (Wildman–Crippen LogP) is 11.3. The highest BCUT2D eigenvalue weighted by atomic mass is 16.6. The van der Waals surface area contributed by atoms with Crippen molar-refractivity contribution in [2.24, 2.45) is 22.2 Å². The van der Waals surface area contributed by atoms with E-state index < -0.39 is 29.8 Å². The SMILES string of the molecule is CCCCC(CC)COC(=O)NCCC(=O)N=C1C=C2C(=C/C1=C1/C(=O)C(c3cc4c(cc3NC(=O)CCNC(=O)OCC(CC)CCCC)N(C(C)C)C(C)C4(C)C)=C1O)C(C)(C)C(C)N2C(C)C. The summed E-state index contributed by atoms with van der Waals surface area (Å²) in [5, 5.41) is 20.7. The molecular formula is C56H84N6O8. The summed E-state index contributed by atoms with van der Waals surface area (Å²) < 4.78 is 11.0. The van der Waals surface area contributed by atoms with Crippen molar-refractivity contribution in [2.75, 3.05) is 36.5 Å². The lowest BCUT2D eigenvalue weighted by Gasteiger charge is -2.34. The summed E-state index contributed by atoms with van der Waals surface area (Å²) in [6.07, 6.45) is 10.5. The van der Waals surface area contributed by atoms with Gasteiger partial charge in [0.15, 0.2) is 0 Å². The Labute approximate surface area is 418 Å². The summed E-state index contributed by atoms with van der Waals surface area (Å²) in [6.45, 7) is 30.5. The van der Waals surface area contributed by atoms with Gasteiger partial charge in [-0.2, -0.15) is 0 Å². The van der Waals surface area contributed by atoms with Gasteiger partial charge in [0.2, 0.25) is 17.6 Å². The van der Waals surface area contributed by atoms with Crippen LogP contribution in [0.4, 0.5) is 21.0 Å². The highest BCUT2D eigenvalue weighted by Crippen LogP contribution is 2.53. The second kappa shape index (κ2) is 23.7. The molecule has 0 bridgehead atoms. The van der Waals surface area contributed by atoms with Gasteiger partial charge in [0.1, 0.15) is 5.76 Å². The smallest absolute Gasteiger partial charge is 0.407 e. The van der Waals surface area contributed by atoms with Crippen LogP contribution in [0.25, 0.3) is 5.57 Å². The Kier molecular flexibility index (Phi) is 18.8. The van der Waals surface area contributed by atoms with E-state index in [4.69, 9.17) is 9.47 Å². The van der Waals surface area contributed by atoms with E-state index in [0.29, 0.717) is 30.0 Å². The molecule has 2 heterocycles. The highest BCUT2D eigenvalue weighted by Gasteiger charge is 2.49. The predicted molar refractivity (Wildman–Crippen MR) is 280 cm³/mol. The molecule has 2 aliphatic carbocycles. The van der Waals surface area contributed by atoms with Crippen LogP contribution in [0.3, 0.4) is 0 Å². The zero-order valence-electron chi connectivity index (χ0n) is 44.8. The number of carbonyl (C=O) groups is 5. The van der Waals surface area contributed by atoms with Crippen LogP contribution in [0.15, 0.2) is 57.5 Å². The van der Waals surface area contributed by atoms with Gasteiger partial charge in [-0.1, -0.05) is 93.9 Å². The number of amides is 4. The minimum Gasteiger partial charge on any atom is -0.506 e. The number of carbonyl (C=O) groups excluding carboxylic acids is 5. The second-order valence-corrected chi connectivity index (χ2v) is 21.5. The number of aliphatic hydroxyl groups is 1. The quantitative estimate of drug-likeness (QED) is 0.0817. The molecule has 0 saturated carbocycles. The molecule has 4 atom stereocenters. The number of fused-ring (bicyclic) bond motifs is 2. The molecule has 70 heavy (non-hydrogen) atoms. The number of rotatable bonds is 22. The summed E-state index contributed by atoms with van der Waals surface area (Å²) in [6, 6.07) is 4.16. The number of unbranched alkanes of at least 4 members (excludes halogenated alkanes) is 2. The standard InChI is InChI=1S/C56H84N6O8/c1-15-19-21-37(17-3)31-69-53(67)57-25-23-47(63)59-43-29-45-41(55(11,12)35(9)61(45)33(5)6)27-39(43)49-51(65)50(52(49)66)40-28-42-46(62(34(7)8)36(10)56(42,13)14)30-44(40)60-48(64)24-26-58-54(68)70-32-38(18-4)22-20-16-2/h27-30,33-38,65H,15-26,31-32H2,1-14H3,(H,57,67)(H,58,68)(H,59,63)/b50-40-,60-44?. The molecule has 4 amide bonds. The number of nitrogens with one attached hydrogen (secondary N) is 3. The van der Waals surface area contributed by atoms with Crippen LogP contribution in [0, 0.1) is 17.3 Å². The van der Waals surface area contributed by atoms with Crippen molar-refractivity contribution in [3.8, 4) is 0 Å². The Morgan fingerprint density at radius 2 is 1.30 bits per heavy atom. The number of hydrogen-bond acceptors (Lipinski definition) is 10. The summed E-state index contributed by atoms with van der Waals surface area (Å²) in [7, 11) is 0. The fourth-order valence-corrected chi connectivity index (χ4v) is 10.4. The molecule has 5 rings (SSSR count). The number of nitrogens with zero attached hydrogens (tertiary/aromatic N) is 3. The first kappa shape index (κ1) is 55.5. The third-order valence-electron chi connectivity index (χ3n) is 15.4. The van der Waals surface area contributed by atoms with E-state index in [1.165, 1.54) is 0 Å². The van der Waals surface area contributed by atoms with E-state index in [1.54, 1.807) is 0 Å². The Morgan fingerprint density at radius 1 is 0.757 bits per heavy atom. The van der Waals surface area contributed by atoms with E-state index in [2.05, 4.69) is 128 Å². The number of ether oxygens (including phenoxy) is 2. The van der Waals surface area contributed by atoms with Gasteiger partial charge >= 0.3 is 12.2 Å².